The molecule has 7 heteroatoms. The number of fused-ring (bicyclic) bond motifs is 1. The third-order valence-corrected chi connectivity index (χ3v) is 7.19. The molecule has 5 rings (SSSR count). The Kier molecular flexibility index (Phi) is 9.26. The maximum absolute atomic E-state index is 12.9. The van der Waals surface area contributed by atoms with Crippen LogP contribution in [-0.2, 0) is 18.0 Å². The maximum Gasteiger partial charge on any atom is 0.266 e. The van der Waals surface area contributed by atoms with Gasteiger partial charge in [0.1, 0.15) is 30.6 Å². The Hall–Kier alpha value is -5.25. The van der Waals surface area contributed by atoms with Crippen molar-refractivity contribution in [2.24, 2.45) is 0 Å². The molecule has 0 aromatic heterocycles. The number of hydrogen-bond acceptors (Lipinski definition) is 5. The van der Waals surface area contributed by atoms with Crippen molar-refractivity contribution in [2.45, 2.75) is 20.1 Å². The Bertz CT molecular complexity index is 1820. The van der Waals surface area contributed by atoms with Crippen molar-refractivity contribution >= 4 is 40.0 Å². The Morgan fingerprint density at radius 1 is 0.884 bits per heavy atom. The smallest absolute Gasteiger partial charge is 0.266 e. The van der Waals surface area contributed by atoms with E-state index in [1.165, 1.54) is 6.08 Å². The SMILES string of the molecule is COc1cc(/C=C(\C#N)C(=O)Nc2ccc(OCc3ccc(Cl)cc3)cc2)ccc1OCc1c(C)ccc2ccccc12. The number of carbonyl (C=O) groups is 1. The van der Waals surface area contributed by atoms with Crippen molar-refractivity contribution in [1.82, 2.24) is 0 Å². The number of nitriles is 1. The number of benzene rings is 5. The lowest BCUT2D eigenvalue weighted by Gasteiger charge is -2.14. The van der Waals surface area contributed by atoms with Gasteiger partial charge in [-0.15, -0.1) is 0 Å². The first kappa shape index (κ1) is 29.2. The minimum atomic E-state index is -0.525. The first-order valence-corrected chi connectivity index (χ1v) is 14.0. The lowest BCUT2D eigenvalue weighted by molar-refractivity contribution is -0.112. The van der Waals surface area contributed by atoms with E-state index in [1.54, 1.807) is 49.6 Å². The van der Waals surface area contributed by atoms with Crippen LogP contribution < -0.4 is 19.5 Å². The summed E-state index contributed by atoms with van der Waals surface area (Å²) < 4.78 is 17.5. The Labute approximate surface area is 255 Å². The van der Waals surface area contributed by atoms with E-state index in [0.717, 1.165) is 27.5 Å². The first-order valence-electron chi connectivity index (χ1n) is 13.6. The molecular weight excluding hydrogens is 560 g/mol. The molecule has 0 aliphatic carbocycles. The van der Waals surface area contributed by atoms with E-state index in [0.29, 0.717) is 46.7 Å². The van der Waals surface area contributed by atoms with E-state index in [2.05, 4.69) is 36.5 Å². The van der Waals surface area contributed by atoms with Crippen molar-refractivity contribution in [2.75, 3.05) is 12.4 Å². The summed E-state index contributed by atoms with van der Waals surface area (Å²) in [5.41, 5.74) is 4.35. The highest BCUT2D eigenvalue weighted by atomic mass is 35.5. The standard InChI is InChI=1S/C36H29ClN2O4/c1-24-7-11-27-5-3-4-6-32(27)33(24)23-43-34-18-10-26(20-35(34)41-2)19-28(21-38)36(40)39-30-14-16-31(17-15-30)42-22-25-8-12-29(37)13-9-25/h3-20H,22-23H2,1-2H3,(H,39,40)/b28-19+. The number of aryl methyl sites for hydroxylation is 1. The normalized spacial score (nSPS) is 11.1. The quantitative estimate of drug-likeness (QED) is 0.131. The van der Waals surface area contributed by atoms with E-state index in [4.69, 9.17) is 25.8 Å². The molecule has 214 valence electrons. The van der Waals surface area contributed by atoms with Gasteiger partial charge >= 0.3 is 0 Å². The Morgan fingerprint density at radius 2 is 1.65 bits per heavy atom. The van der Waals surface area contributed by atoms with Crippen LogP contribution in [0.2, 0.25) is 5.02 Å². The first-order chi connectivity index (χ1) is 20.9. The van der Waals surface area contributed by atoms with E-state index < -0.39 is 5.91 Å². The van der Waals surface area contributed by atoms with Crippen LogP contribution >= 0.6 is 11.6 Å². The fourth-order valence-corrected chi connectivity index (χ4v) is 4.70. The molecule has 5 aromatic rings. The van der Waals surface area contributed by atoms with Crippen LogP contribution in [0, 0.1) is 18.3 Å². The van der Waals surface area contributed by atoms with Crippen molar-refractivity contribution < 1.29 is 19.0 Å². The van der Waals surface area contributed by atoms with Gasteiger partial charge in [0.25, 0.3) is 5.91 Å². The second kappa shape index (κ2) is 13.6. The summed E-state index contributed by atoms with van der Waals surface area (Å²) in [5, 5.41) is 15.4. The predicted molar refractivity (Wildman–Crippen MR) is 170 cm³/mol. The summed E-state index contributed by atoms with van der Waals surface area (Å²) >= 11 is 5.93. The molecule has 0 unspecified atom stereocenters. The van der Waals surface area contributed by atoms with Gasteiger partial charge in [-0.2, -0.15) is 5.26 Å². The van der Waals surface area contributed by atoms with Gasteiger partial charge in [-0.05, 0) is 89.0 Å². The summed E-state index contributed by atoms with van der Waals surface area (Å²) in [4.78, 5) is 12.9. The average molecular weight is 589 g/mol. The van der Waals surface area contributed by atoms with Gasteiger partial charge < -0.3 is 19.5 Å². The third-order valence-electron chi connectivity index (χ3n) is 6.94. The number of carbonyl (C=O) groups excluding carboxylic acids is 1. The van der Waals surface area contributed by atoms with Crippen LogP contribution in [0.5, 0.6) is 17.2 Å². The molecule has 0 bridgehead atoms. The number of nitrogens with zero attached hydrogens (tertiary/aromatic N) is 1. The zero-order valence-electron chi connectivity index (χ0n) is 23.8. The van der Waals surface area contributed by atoms with Gasteiger partial charge in [0.05, 0.1) is 7.11 Å². The molecular formula is C36H29ClN2O4. The van der Waals surface area contributed by atoms with Gasteiger partial charge in [-0.1, -0.05) is 66.2 Å². The molecule has 0 saturated heterocycles. The maximum atomic E-state index is 12.9. The monoisotopic (exact) mass is 588 g/mol. The van der Waals surface area contributed by atoms with E-state index in [-0.39, 0.29) is 5.57 Å². The van der Waals surface area contributed by atoms with Gasteiger partial charge in [0.15, 0.2) is 11.5 Å². The summed E-state index contributed by atoms with van der Waals surface area (Å²) in [5.74, 6) is 1.18. The van der Waals surface area contributed by atoms with Gasteiger partial charge in [-0.25, -0.2) is 0 Å². The van der Waals surface area contributed by atoms with Crippen LogP contribution in [0.4, 0.5) is 5.69 Å². The third kappa shape index (κ3) is 7.34. The second-order valence-electron chi connectivity index (χ2n) is 9.84. The summed E-state index contributed by atoms with van der Waals surface area (Å²) in [7, 11) is 1.56. The molecule has 43 heavy (non-hydrogen) atoms. The van der Waals surface area contributed by atoms with Crippen molar-refractivity contribution in [3.8, 4) is 23.3 Å². The predicted octanol–water partition coefficient (Wildman–Crippen LogP) is 8.51. The lowest BCUT2D eigenvalue weighted by Crippen LogP contribution is -2.13. The van der Waals surface area contributed by atoms with E-state index in [9.17, 15) is 10.1 Å². The number of nitrogens with one attached hydrogen (secondary N) is 1. The van der Waals surface area contributed by atoms with E-state index in [1.807, 2.05) is 42.5 Å². The van der Waals surface area contributed by atoms with Crippen molar-refractivity contribution in [1.29, 1.82) is 5.26 Å². The fraction of sp³-hybridized carbons (Fsp3) is 0.111. The number of halogens is 1. The van der Waals surface area contributed by atoms with E-state index >= 15 is 0 Å². The molecule has 0 atom stereocenters. The van der Waals surface area contributed by atoms with Crippen LogP contribution in [0.15, 0.2) is 109 Å². The summed E-state index contributed by atoms with van der Waals surface area (Å²) in [6.45, 7) is 2.83. The second-order valence-corrected chi connectivity index (χ2v) is 10.3. The van der Waals surface area contributed by atoms with Gasteiger partial charge in [-0.3, -0.25) is 4.79 Å². The lowest BCUT2D eigenvalue weighted by atomic mass is 10.0. The van der Waals surface area contributed by atoms with Gasteiger partial charge in [0.2, 0.25) is 0 Å². The largest absolute Gasteiger partial charge is 0.493 e. The minimum Gasteiger partial charge on any atom is -0.493 e. The molecule has 0 aliphatic heterocycles. The molecule has 1 N–H and O–H groups in total. The van der Waals surface area contributed by atoms with Crippen LogP contribution in [0.3, 0.4) is 0 Å². The minimum absolute atomic E-state index is 0.0508. The number of rotatable bonds is 10. The number of ether oxygens (including phenoxy) is 3. The molecule has 0 spiro atoms. The molecule has 0 saturated carbocycles. The van der Waals surface area contributed by atoms with Crippen LogP contribution in [-0.4, -0.2) is 13.0 Å². The molecule has 0 radical (unpaired) electrons. The Balaban J connectivity index is 1.23. The van der Waals surface area contributed by atoms with Crippen LogP contribution in [0.25, 0.3) is 16.8 Å². The highest BCUT2D eigenvalue weighted by Crippen LogP contribution is 2.31. The molecule has 6 nitrogen and oxygen atoms in total. The van der Waals surface area contributed by atoms with Crippen molar-refractivity contribution in [3.63, 3.8) is 0 Å². The Morgan fingerprint density at radius 3 is 2.40 bits per heavy atom. The highest BCUT2D eigenvalue weighted by Gasteiger charge is 2.13. The van der Waals surface area contributed by atoms with Gasteiger partial charge in [0, 0.05) is 16.3 Å². The van der Waals surface area contributed by atoms with Crippen LogP contribution in [0.1, 0.15) is 22.3 Å². The topological polar surface area (TPSA) is 80.6 Å². The zero-order valence-corrected chi connectivity index (χ0v) is 24.5. The molecule has 0 fully saturated rings. The van der Waals surface area contributed by atoms with Crippen molar-refractivity contribution in [3.05, 3.63) is 136 Å². The average Bonchev–Trinajstić information content (AvgIpc) is 3.03. The zero-order chi connectivity index (χ0) is 30.2. The molecule has 1 amide bonds. The number of anilines is 1. The summed E-state index contributed by atoms with van der Waals surface area (Å²) in [6.07, 6.45) is 1.51. The fourth-order valence-electron chi connectivity index (χ4n) is 4.58. The number of hydrogen-bond donors (Lipinski definition) is 1. The number of amides is 1. The highest BCUT2D eigenvalue weighted by molar-refractivity contribution is 6.30. The molecule has 5 aromatic carbocycles. The molecule has 0 heterocycles. The number of methoxy groups -OCH3 is 1. The molecule has 0 aliphatic rings. The summed E-state index contributed by atoms with van der Waals surface area (Å²) in [6, 6.07) is 34.1.